The normalized spacial score (nSPS) is 18.5. The molecule has 0 aliphatic carbocycles. The fourth-order valence-corrected chi connectivity index (χ4v) is 5.13. The molecule has 1 aliphatic heterocycles. The number of hydrogen-bond donors (Lipinski definition) is 1. The topological polar surface area (TPSA) is 36.3 Å². The smallest absolute Gasteiger partial charge is 0.170 e. The summed E-state index contributed by atoms with van der Waals surface area (Å²) in [7, 11) is 4.15. The standard InChI is InChI=1S/C24H27Cl2N5S/c1-15-14-17(16(2)31(15)20-10-7-8-18(25)21(20)26)23-22(19-9-5-6-11-27-19)28-24(32)30(23)13-12-29(3)4/h5-11,14,22-23H,12-13H2,1-4H3,(H,28,32)/t22-,23+/m0/s1. The maximum Gasteiger partial charge on any atom is 0.170 e. The number of nitrogens with zero attached hydrogens (tertiary/aromatic N) is 4. The van der Waals surface area contributed by atoms with Gasteiger partial charge in [-0.25, -0.2) is 0 Å². The lowest BCUT2D eigenvalue weighted by Crippen LogP contribution is -2.35. The largest absolute Gasteiger partial charge is 0.352 e. The Bertz CT molecular complexity index is 1130. The molecule has 0 spiro atoms. The third-order valence-electron chi connectivity index (χ3n) is 5.95. The molecular weight excluding hydrogens is 461 g/mol. The summed E-state index contributed by atoms with van der Waals surface area (Å²) in [6.45, 7) is 5.93. The number of benzene rings is 1. The maximum absolute atomic E-state index is 6.59. The van der Waals surface area contributed by atoms with E-state index in [1.165, 1.54) is 5.56 Å². The highest BCUT2D eigenvalue weighted by Crippen LogP contribution is 2.42. The summed E-state index contributed by atoms with van der Waals surface area (Å²) in [4.78, 5) is 9.09. The second-order valence-corrected chi connectivity index (χ2v) is 9.53. The summed E-state index contributed by atoms with van der Waals surface area (Å²) < 4.78 is 2.17. The molecule has 4 rings (SSSR count). The van der Waals surface area contributed by atoms with Crippen LogP contribution in [0.4, 0.5) is 0 Å². The number of pyridine rings is 1. The molecule has 1 N–H and O–H groups in total. The van der Waals surface area contributed by atoms with Crippen LogP contribution in [0.25, 0.3) is 5.69 Å². The van der Waals surface area contributed by atoms with E-state index < -0.39 is 0 Å². The molecule has 3 heterocycles. The molecule has 0 bridgehead atoms. The van der Waals surface area contributed by atoms with E-state index in [4.69, 9.17) is 35.4 Å². The molecule has 0 unspecified atom stereocenters. The van der Waals surface area contributed by atoms with Gasteiger partial charge < -0.3 is 19.7 Å². The van der Waals surface area contributed by atoms with Crippen molar-refractivity contribution < 1.29 is 0 Å². The Balaban J connectivity index is 1.83. The number of rotatable bonds is 6. The SMILES string of the molecule is Cc1cc([C@@H]2[C@H](c3ccccn3)NC(=S)N2CCN(C)C)c(C)n1-c1cccc(Cl)c1Cl. The number of nitrogens with one attached hydrogen (secondary N) is 1. The Morgan fingerprint density at radius 1 is 1.12 bits per heavy atom. The van der Waals surface area contributed by atoms with Crippen LogP contribution in [-0.4, -0.2) is 51.6 Å². The van der Waals surface area contributed by atoms with Gasteiger partial charge in [0.2, 0.25) is 0 Å². The van der Waals surface area contributed by atoms with Crippen LogP contribution in [0.15, 0.2) is 48.7 Å². The molecule has 1 aromatic carbocycles. The number of aromatic nitrogens is 2. The molecule has 1 saturated heterocycles. The van der Waals surface area contributed by atoms with Crippen LogP contribution in [0.2, 0.25) is 10.0 Å². The average molecular weight is 488 g/mol. The summed E-state index contributed by atoms with van der Waals surface area (Å²) in [5.74, 6) is 0. The molecule has 3 aromatic rings. The summed E-state index contributed by atoms with van der Waals surface area (Å²) in [6.07, 6.45) is 1.83. The van der Waals surface area contributed by atoms with Crippen molar-refractivity contribution in [2.45, 2.75) is 25.9 Å². The van der Waals surface area contributed by atoms with Gasteiger partial charge in [-0.2, -0.15) is 0 Å². The highest BCUT2D eigenvalue weighted by atomic mass is 35.5. The van der Waals surface area contributed by atoms with Gasteiger partial charge in [0.1, 0.15) is 0 Å². The van der Waals surface area contributed by atoms with Crippen molar-refractivity contribution in [3.63, 3.8) is 0 Å². The van der Waals surface area contributed by atoms with Crippen LogP contribution in [0.1, 0.15) is 34.7 Å². The molecule has 1 fully saturated rings. The minimum absolute atomic E-state index is 0.00950. The first-order chi connectivity index (χ1) is 15.3. The summed E-state index contributed by atoms with van der Waals surface area (Å²) in [6, 6.07) is 13.9. The molecule has 168 valence electrons. The van der Waals surface area contributed by atoms with Crippen molar-refractivity contribution in [3.05, 3.63) is 81.4 Å². The van der Waals surface area contributed by atoms with Crippen LogP contribution in [0, 0.1) is 13.8 Å². The van der Waals surface area contributed by atoms with Crippen molar-refractivity contribution in [1.82, 2.24) is 24.7 Å². The second kappa shape index (κ2) is 9.40. The Labute approximate surface area is 204 Å². The predicted octanol–water partition coefficient (Wildman–Crippen LogP) is 5.33. The highest BCUT2D eigenvalue weighted by Gasteiger charge is 2.41. The van der Waals surface area contributed by atoms with Crippen molar-refractivity contribution in [2.24, 2.45) is 0 Å². The van der Waals surface area contributed by atoms with E-state index in [0.29, 0.717) is 10.0 Å². The zero-order valence-electron chi connectivity index (χ0n) is 18.6. The van der Waals surface area contributed by atoms with Gasteiger partial charge >= 0.3 is 0 Å². The molecule has 2 atom stereocenters. The summed E-state index contributed by atoms with van der Waals surface area (Å²) in [5.41, 5.74) is 5.24. The molecule has 0 radical (unpaired) electrons. The first-order valence-corrected chi connectivity index (χ1v) is 11.7. The fraction of sp³-hybridized carbons (Fsp3) is 0.333. The summed E-state index contributed by atoms with van der Waals surface area (Å²) in [5, 5.41) is 5.37. The van der Waals surface area contributed by atoms with E-state index in [-0.39, 0.29) is 12.1 Å². The van der Waals surface area contributed by atoms with Crippen LogP contribution < -0.4 is 5.32 Å². The van der Waals surface area contributed by atoms with E-state index in [2.05, 4.69) is 64.7 Å². The van der Waals surface area contributed by atoms with Crippen molar-refractivity contribution >= 4 is 40.5 Å². The molecule has 5 nitrogen and oxygen atoms in total. The minimum Gasteiger partial charge on any atom is -0.352 e. The van der Waals surface area contributed by atoms with Crippen LogP contribution in [0.5, 0.6) is 0 Å². The lowest BCUT2D eigenvalue weighted by molar-refractivity contribution is 0.277. The summed E-state index contributed by atoms with van der Waals surface area (Å²) >= 11 is 18.7. The minimum atomic E-state index is -0.0466. The van der Waals surface area contributed by atoms with E-state index >= 15 is 0 Å². The molecule has 0 saturated carbocycles. The van der Waals surface area contributed by atoms with Gasteiger partial charge in [0.05, 0.1) is 33.5 Å². The number of likely N-dealkylation sites (N-methyl/N-ethyl adjacent to an activating group) is 1. The Morgan fingerprint density at radius 3 is 2.59 bits per heavy atom. The van der Waals surface area contributed by atoms with Gasteiger partial charge in [-0.1, -0.05) is 35.3 Å². The number of halogens is 2. The lowest BCUT2D eigenvalue weighted by atomic mass is 9.97. The van der Waals surface area contributed by atoms with E-state index in [9.17, 15) is 0 Å². The van der Waals surface area contributed by atoms with Crippen LogP contribution in [-0.2, 0) is 0 Å². The Morgan fingerprint density at radius 2 is 1.91 bits per heavy atom. The number of aryl methyl sites for hydroxylation is 1. The van der Waals surface area contributed by atoms with E-state index in [0.717, 1.165) is 41.0 Å². The zero-order valence-corrected chi connectivity index (χ0v) is 21.0. The third kappa shape index (κ3) is 4.25. The van der Waals surface area contributed by atoms with E-state index in [1.54, 1.807) is 0 Å². The quantitative estimate of drug-likeness (QED) is 0.475. The fourth-order valence-electron chi connectivity index (χ4n) is 4.42. The molecule has 32 heavy (non-hydrogen) atoms. The molecular formula is C24H27Cl2N5S. The van der Waals surface area contributed by atoms with Gasteiger partial charge in [-0.05, 0) is 76.1 Å². The average Bonchev–Trinajstić information content (AvgIpc) is 3.24. The Kier molecular flexibility index (Phi) is 6.77. The zero-order chi connectivity index (χ0) is 23.0. The number of hydrogen-bond acceptors (Lipinski definition) is 3. The monoisotopic (exact) mass is 487 g/mol. The number of thiocarbonyl (C=S) groups is 1. The van der Waals surface area contributed by atoms with E-state index in [1.807, 2.05) is 36.5 Å². The van der Waals surface area contributed by atoms with Crippen molar-refractivity contribution in [1.29, 1.82) is 0 Å². The lowest BCUT2D eigenvalue weighted by Gasteiger charge is -2.29. The molecule has 2 aromatic heterocycles. The highest BCUT2D eigenvalue weighted by molar-refractivity contribution is 7.80. The molecule has 8 heteroatoms. The van der Waals surface area contributed by atoms with Crippen LogP contribution in [0.3, 0.4) is 0 Å². The third-order valence-corrected chi connectivity index (χ3v) is 7.11. The Hall–Kier alpha value is -2.12. The first kappa shape index (κ1) is 23.1. The maximum atomic E-state index is 6.59. The molecule has 0 amide bonds. The van der Waals surface area contributed by atoms with Crippen LogP contribution >= 0.6 is 35.4 Å². The van der Waals surface area contributed by atoms with Gasteiger partial charge in [-0.15, -0.1) is 0 Å². The predicted molar refractivity (Wildman–Crippen MR) is 136 cm³/mol. The second-order valence-electron chi connectivity index (χ2n) is 8.36. The first-order valence-electron chi connectivity index (χ1n) is 10.6. The van der Waals surface area contributed by atoms with Crippen molar-refractivity contribution in [2.75, 3.05) is 27.2 Å². The van der Waals surface area contributed by atoms with Gasteiger partial charge in [0, 0.05) is 30.7 Å². The van der Waals surface area contributed by atoms with Gasteiger partial charge in [0.15, 0.2) is 5.11 Å². The van der Waals surface area contributed by atoms with Gasteiger partial charge in [0.25, 0.3) is 0 Å². The molecule has 1 aliphatic rings. The van der Waals surface area contributed by atoms with Crippen molar-refractivity contribution in [3.8, 4) is 5.69 Å². The van der Waals surface area contributed by atoms with Gasteiger partial charge in [-0.3, -0.25) is 4.98 Å².